The minimum atomic E-state index is -0.298. The average Bonchev–Trinajstić information content (AvgIpc) is 2.18. The molecule has 1 nitrogen and oxygen atoms in total. The molecular weight excluding hydrogens is 201 g/mol. The highest BCUT2D eigenvalue weighted by Gasteiger charge is 2.10. The Morgan fingerprint density at radius 3 is 2.64 bits per heavy atom. The van der Waals surface area contributed by atoms with E-state index in [9.17, 15) is 4.39 Å². The van der Waals surface area contributed by atoms with Crippen molar-refractivity contribution < 1.29 is 4.39 Å². The zero-order valence-corrected chi connectivity index (χ0v) is 8.95. The molecule has 1 rings (SSSR count). The zero-order valence-electron chi connectivity index (χ0n) is 8.19. The van der Waals surface area contributed by atoms with Crippen molar-refractivity contribution in [2.24, 2.45) is 0 Å². The highest BCUT2D eigenvalue weighted by Crippen LogP contribution is 2.26. The van der Waals surface area contributed by atoms with Gasteiger partial charge in [0, 0.05) is 17.0 Å². The molecule has 14 heavy (non-hydrogen) atoms. The Balaban J connectivity index is 3.14. The third-order valence-corrected chi connectivity index (χ3v) is 2.87. The van der Waals surface area contributed by atoms with Crippen LogP contribution in [0.25, 0.3) is 0 Å². The SMILES string of the molecule is Cc1c(F)cc(CCC#N)c(C)c1Cl. The van der Waals surface area contributed by atoms with E-state index in [-0.39, 0.29) is 5.82 Å². The summed E-state index contributed by atoms with van der Waals surface area (Å²) in [6.07, 6.45) is 0.943. The largest absolute Gasteiger partial charge is 0.207 e. The molecule has 0 aliphatic rings. The molecule has 0 heterocycles. The Bertz CT molecular complexity index is 393. The number of hydrogen-bond acceptors (Lipinski definition) is 1. The van der Waals surface area contributed by atoms with Crippen LogP contribution in [0.1, 0.15) is 23.1 Å². The van der Waals surface area contributed by atoms with Crippen LogP contribution in [0.4, 0.5) is 4.39 Å². The highest BCUT2D eigenvalue weighted by atomic mass is 35.5. The molecule has 0 fully saturated rings. The van der Waals surface area contributed by atoms with Gasteiger partial charge in [0.25, 0.3) is 0 Å². The van der Waals surface area contributed by atoms with E-state index in [0.29, 0.717) is 23.4 Å². The van der Waals surface area contributed by atoms with Crippen LogP contribution in [-0.2, 0) is 6.42 Å². The molecule has 0 aliphatic heterocycles. The van der Waals surface area contributed by atoms with Crippen LogP contribution in [-0.4, -0.2) is 0 Å². The molecule has 0 aliphatic carbocycles. The third-order valence-electron chi connectivity index (χ3n) is 2.31. The summed E-state index contributed by atoms with van der Waals surface area (Å²) in [5.41, 5.74) is 2.17. The normalized spacial score (nSPS) is 9.93. The van der Waals surface area contributed by atoms with Crippen LogP contribution >= 0.6 is 11.6 Å². The van der Waals surface area contributed by atoms with Gasteiger partial charge >= 0.3 is 0 Å². The van der Waals surface area contributed by atoms with Crippen LogP contribution in [0.5, 0.6) is 0 Å². The minimum absolute atomic E-state index is 0.298. The van der Waals surface area contributed by atoms with Crippen molar-refractivity contribution in [1.82, 2.24) is 0 Å². The van der Waals surface area contributed by atoms with E-state index in [1.807, 2.05) is 13.0 Å². The first-order valence-electron chi connectivity index (χ1n) is 4.39. The average molecular weight is 212 g/mol. The lowest BCUT2D eigenvalue weighted by molar-refractivity contribution is 0.615. The fourth-order valence-corrected chi connectivity index (χ4v) is 1.56. The molecule has 0 saturated carbocycles. The van der Waals surface area contributed by atoms with E-state index in [1.165, 1.54) is 6.07 Å². The van der Waals surface area contributed by atoms with Crippen LogP contribution in [0.2, 0.25) is 5.02 Å². The molecule has 1 aromatic carbocycles. The van der Waals surface area contributed by atoms with E-state index in [4.69, 9.17) is 16.9 Å². The number of benzene rings is 1. The summed E-state index contributed by atoms with van der Waals surface area (Å²) >= 11 is 5.94. The first kappa shape index (κ1) is 11.0. The quantitative estimate of drug-likeness (QED) is 0.734. The van der Waals surface area contributed by atoms with Gasteiger partial charge in [-0.2, -0.15) is 5.26 Å². The van der Waals surface area contributed by atoms with Crippen molar-refractivity contribution in [3.05, 3.63) is 33.6 Å². The van der Waals surface area contributed by atoms with Gasteiger partial charge in [0.1, 0.15) is 5.82 Å². The molecule has 74 valence electrons. The lowest BCUT2D eigenvalue weighted by atomic mass is 10.0. The van der Waals surface area contributed by atoms with Gasteiger partial charge in [-0.25, -0.2) is 4.39 Å². The predicted molar refractivity (Wildman–Crippen MR) is 54.8 cm³/mol. The molecular formula is C11H11ClFN. The van der Waals surface area contributed by atoms with Crippen LogP contribution in [0, 0.1) is 31.0 Å². The van der Waals surface area contributed by atoms with Crippen molar-refractivity contribution in [1.29, 1.82) is 5.26 Å². The van der Waals surface area contributed by atoms with Gasteiger partial charge < -0.3 is 0 Å². The van der Waals surface area contributed by atoms with E-state index in [1.54, 1.807) is 6.92 Å². The lowest BCUT2D eigenvalue weighted by Crippen LogP contribution is -1.95. The standard InChI is InChI=1S/C11H11ClFN/c1-7-9(4-3-5-14)6-10(13)8(2)11(7)12/h6H,3-4H2,1-2H3. The van der Waals surface area contributed by atoms with Gasteiger partial charge in [0.15, 0.2) is 0 Å². The molecule has 0 bridgehead atoms. The molecule has 0 unspecified atom stereocenters. The van der Waals surface area contributed by atoms with Gasteiger partial charge in [0.2, 0.25) is 0 Å². The van der Waals surface area contributed by atoms with Crippen molar-refractivity contribution in [2.45, 2.75) is 26.7 Å². The summed E-state index contributed by atoms with van der Waals surface area (Å²) in [5.74, 6) is -0.298. The summed E-state index contributed by atoms with van der Waals surface area (Å²) in [6, 6.07) is 3.50. The first-order valence-corrected chi connectivity index (χ1v) is 4.76. The van der Waals surface area contributed by atoms with E-state index in [0.717, 1.165) is 11.1 Å². The Morgan fingerprint density at radius 1 is 1.43 bits per heavy atom. The van der Waals surface area contributed by atoms with E-state index < -0.39 is 0 Å². The van der Waals surface area contributed by atoms with Crippen LogP contribution in [0.3, 0.4) is 0 Å². The minimum Gasteiger partial charge on any atom is -0.207 e. The number of hydrogen-bond donors (Lipinski definition) is 0. The molecule has 0 amide bonds. The van der Waals surface area contributed by atoms with Gasteiger partial charge in [-0.05, 0) is 37.5 Å². The third kappa shape index (κ3) is 2.05. The predicted octanol–water partition coefficient (Wildman–Crippen LogP) is 3.55. The maximum atomic E-state index is 13.3. The molecule has 0 spiro atoms. The Kier molecular flexibility index (Phi) is 3.49. The van der Waals surface area contributed by atoms with Crippen molar-refractivity contribution in [3.8, 4) is 6.07 Å². The number of aryl methyl sites for hydroxylation is 1. The maximum absolute atomic E-state index is 13.3. The lowest BCUT2D eigenvalue weighted by Gasteiger charge is -2.09. The summed E-state index contributed by atoms with van der Waals surface area (Å²) in [5, 5.41) is 8.91. The van der Waals surface area contributed by atoms with Gasteiger partial charge in [0.05, 0.1) is 6.07 Å². The smallest absolute Gasteiger partial charge is 0.127 e. The zero-order chi connectivity index (χ0) is 10.7. The van der Waals surface area contributed by atoms with Crippen molar-refractivity contribution in [3.63, 3.8) is 0 Å². The number of rotatable bonds is 2. The molecule has 0 atom stereocenters. The van der Waals surface area contributed by atoms with E-state index in [2.05, 4.69) is 0 Å². The molecule has 3 heteroatoms. The van der Waals surface area contributed by atoms with Crippen molar-refractivity contribution >= 4 is 11.6 Å². The summed E-state index contributed by atoms with van der Waals surface area (Å²) in [4.78, 5) is 0. The second-order valence-corrected chi connectivity index (χ2v) is 3.62. The highest BCUT2D eigenvalue weighted by molar-refractivity contribution is 6.32. The Hall–Kier alpha value is -1.07. The second-order valence-electron chi connectivity index (χ2n) is 3.24. The summed E-state index contributed by atoms with van der Waals surface area (Å²) < 4.78 is 13.3. The van der Waals surface area contributed by atoms with Crippen LogP contribution < -0.4 is 0 Å². The molecule has 1 aromatic rings. The van der Waals surface area contributed by atoms with Crippen molar-refractivity contribution in [2.75, 3.05) is 0 Å². The number of nitrogens with zero attached hydrogens (tertiary/aromatic N) is 1. The van der Waals surface area contributed by atoms with Crippen LogP contribution in [0.15, 0.2) is 6.07 Å². The molecule has 0 radical (unpaired) electrons. The van der Waals surface area contributed by atoms with E-state index >= 15 is 0 Å². The summed E-state index contributed by atoms with van der Waals surface area (Å²) in [6.45, 7) is 3.50. The summed E-state index contributed by atoms with van der Waals surface area (Å²) in [7, 11) is 0. The van der Waals surface area contributed by atoms with Gasteiger partial charge in [-0.1, -0.05) is 11.6 Å². The Morgan fingerprint density at radius 2 is 2.07 bits per heavy atom. The fraction of sp³-hybridized carbons (Fsp3) is 0.364. The topological polar surface area (TPSA) is 23.8 Å². The fourth-order valence-electron chi connectivity index (χ4n) is 1.35. The second kappa shape index (κ2) is 4.43. The Labute approximate surface area is 88.1 Å². The van der Waals surface area contributed by atoms with Gasteiger partial charge in [-0.15, -0.1) is 0 Å². The number of halogens is 2. The maximum Gasteiger partial charge on any atom is 0.127 e. The number of nitriles is 1. The monoisotopic (exact) mass is 211 g/mol. The molecule has 0 N–H and O–H groups in total. The first-order chi connectivity index (χ1) is 6.57. The molecule has 0 aromatic heterocycles. The van der Waals surface area contributed by atoms with Gasteiger partial charge in [-0.3, -0.25) is 0 Å². The molecule has 0 saturated heterocycles.